The fourth-order valence-electron chi connectivity index (χ4n) is 1.84. The van der Waals surface area contributed by atoms with Crippen molar-refractivity contribution in [2.75, 3.05) is 0 Å². The summed E-state index contributed by atoms with van der Waals surface area (Å²) in [6.45, 7) is 8.59. The summed E-state index contributed by atoms with van der Waals surface area (Å²) < 4.78 is 0. The third kappa shape index (κ3) is 1.25. The number of hydrogen-bond acceptors (Lipinski definition) is 0. The standard InChI is InChI=1S/C10H18/c1-4-10(3)8-6-5-7-9(10)2/h4,9H,1,5-8H2,2-3H3. The Morgan fingerprint density at radius 2 is 2.20 bits per heavy atom. The molecule has 0 nitrogen and oxygen atoms in total. The van der Waals surface area contributed by atoms with Crippen LogP contribution >= 0.6 is 0 Å². The smallest absolute Gasteiger partial charge is 0.0124 e. The summed E-state index contributed by atoms with van der Waals surface area (Å²) in [5.74, 6) is 0.846. The minimum atomic E-state index is 0.443. The van der Waals surface area contributed by atoms with Crippen LogP contribution in [0.15, 0.2) is 12.7 Å². The van der Waals surface area contributed by atoms with Crippen LogP contribution < -0.4 is 0 Å². The molecule has 0 spiro atoms. The zero-order valence-electron chi connectivity index (χ0n) is 7.19. The summed E-state index contributed by atoms with van der Waals surface area (Å²) in [5.41, 5.74) is 0.443. The molecule has 1 fully saturated rings. The SMILES string of the molecule is C=CC1(C)CCCCC1C. The van der Waals surface area contributed by atoms with Gasteiger partial charge in [-0.15, -0.1) is 6.58 Å². The summed E-state index contributed by atoms with van der Waals surface area (Å²) in [5, 5.41) is 0. The van der Waals surface area contributed by atoms with Crippen molar-refractivity contribution in [2.45, 2.75) is 39.5 Å². The Labute approximate surface area is 64.3 Å². The average Bonchev–Trinajstić information content (AvgIpc) is 1.96. The van der Waals surface area contributed by atoms with Crippen LogP contribution in [0.1, 0.15) is 39.5 Å². The normalized spacial score (nSPS) is 41.2. The Hall–Kier alpha value is -0.260. The average molecular weight is 138 g/mol. The second-order valence-corrected chi connectivity index (χ2v) is 3.86. The van der Waals surface area contributed by atoms with Gasteiger partial charge in [0.1, 0.15) is 0 Å². The molecule has 0 heteroatoms. The van der Waals surface area contributed by atoms with E-state index in [1.165, 1.54) is 25.7 Å². The Kier molecular flexibility index (Phi) is 2.18. The van der Waals surface area contributed by atoms with Gasteiger partial charge in [-0.2, -0.15) is 0 Å². The molecule has 58 valence electrons. The zero-order chi connectivity index (χ0) is 7.61. The van der Waals surface area contributed by atoms with Crippen molar-refractivity contribution in [1.82, 2.24) is 0 Å². The lowest BCUT2D eigenvalue weighted by molar-refractivity contribution is 0.190. The first kappa shape index (κ1) is 7.84. The maximum absolute atomic E-state index is 3.91. The molecule has 2 unspecified atom stereocenters. The van der Waals surface area contributed by atoms with Gasteiger partial charge in [-0.3, -0.25) is 0 Å². The molecule has 1 rings (SSSR count). The van der Waals surface area contributed by atoms with Gasteiger partial charge < -0.3 is 0 Å². The molecule has 0 heterocycles. The molecule has 1 aliphatic carbocycles. The minimum absolute atomic E-state index is 0.443. The quantitative estimate of drug-likeness (QED) is 0.487. The van der Waals surface area contributed by atoms with Crippen molar-refractivity contribution in [3.05, 3.63) is 12.7 Å². The van der Waals surface area contributed by atoms with Gasteiger partial charge in [0, 0.05) is 0 Å². The number of allylic oxidation sites excluding steroid dienone is 1. The molecule has 0 aromatic rings. The second kappa shape index (κ2) is 2.77. The van der Waals surface area contributed by atoms with Gasteiger partial charge in [0.15, 0.2) is 0 Å². The van der Waals surface area contributed by atoms with E-state index in [2.05, 4.69) is 26.5 Å². The van der Waals surface area contributed by atoms with Gasteiger partial charge in [0.2, 0.25) is 0 Å². The molecular formula is C10H18. The fraction of sp³-hybridized carbons (Fsp3) is 0.800. The lowest BCUT2D eigenvalue weighted by Gasteiger charge is -2.36. The van der Waals surface area contributed by atoms with Crippen LogP contribution in [0.3, 0.4) is 0 Å². The highest BCUT2D eigenvalue weighted by Gasteiger charge is 2.29. The van der Waals surface area contributed by atoms with E-state index >= 15 is 0 Å². The summed E-state index contributed by atoms with van der Waals surface area (Å²) in [4.78, 5) is 0. The first-order valence-corrected chi connectivity index (χ1v) is 4.32. The number of hydrogen-bond donors (Lipinski definition) is 0. The Morgan fingerprint density at radius 1 is 1.50 bits per heavy atom. The molecule has 10 heavy (non-hydrogen) atoms. The molecule has 0 aromatic carbocycles. The van der Waals surface area contributed by atoms with Gasteiger partial charge in [-0.05, 0) is 24.2 Å². The van der Waals surface area contributed by atoms with E-state index in [4.69, 9.17) is 0 Å². The van der Waals surface area contributed by atoms with Crippen molar-refractivity contribution in [3.63, 3.8) is 0 Å². The van der Waals surface area contributed by atoms with Crippen LogP contribution in [0.25, 0.3) is 0 Å². The molecule has 0 amide bonds. The van der Waals surface area contributed by atoms with Gasteiger partial charge in [0.25, 0.3) is 0 Å². The molecule has 2 atom stereocenters. The predicted molar refractivity (Wildman–Crippen MR) is 45.9 cm³/mol. The summed E-state index contributed by atoms with van der Waals surface area (Å²) in [6, 6.07) is 0. The van der Waals surface area contributed by atoms with E-state index < -0.39 is 0 Å². The van der Waals surface area contributed by atoms with E-state index in [9.17, 15) is 0 Å². The van der Waals surface area contributed by atoms with Gasteiger partial charge in [0.05, 0.1) is 0 Å². The first-order valence-electron chi connectivity index (χ1n) is 4.32. The van der Waals surface area contributed by atoms with Gasteiger partial charge in [-0.25, -0.2) is 0 Å². The number of rotatable bonds is 1. The molecule has 1 saturated carbocycles. The van der Waals surface area contributed by atoms with E-state index in [0.717, 1.165) is 5.92 Å². The predicted octanol–water partition coefficient (Wildman–Crippen LogP) is 3.39. The maximum Gasteiger partial charge on any atom is -0.0124 e. The highest BCUT2D eigenvalue weighted by atomic mass is 14.3. The van der Waals surface area contributed by atoms with Crippen LogP contribution in [0.2, 0.25) is 0 Å². The summed E-state index contributed by atoms with van der Waals surface area (Å²) in [6.07, 6.45) is 7.70. The largest absolute Gasteiger partial charge is 0.103 e. The van der Waals surface area contributed by atoms with E-state index in [1.807, 2.05) is 0 Å². The third-order valence-corrected chi connectivity index (χ3v) is 3.19. The molecule has 0 bridgehead atoms. The van der Waals surface area contributed by atoms with Crippen molar-refractivity contribution >= 4 is 0 Å². The lowest BCUT2D eigenvalue weighted by Crippen LogP contribution is -2.26. The highest BCUT2D eigenvalue weighted by molar-refractivity contribution is 4.96. The van der Waals surface area contributed by atoms with Crippen molar-refractivity contribution in [2.24, 2.45) is 11.3 Å². The van der Waals surface area contributed by atoms with Gasteiger partial charge >= 0.3 is 0 Å². The van der Waals surface area contributed by atoms with Crippen molar-refractivity contribution in [1.29, 1.82) is 0 Å². The maximum atomic E-state index is 3.91. The molecule has 0 radical (unpaired) electrons. The van der Waals surface area contributed by atoms with Crippen LogP contribution in [0, 0.1) is 11.3 Å². The molecule has 0 saturated heterocycles. The minimum Gasteiger partial charge on any atom is -0.103 e. The Bertz CT molecular complexity index is 126. The summed E-state index contributed by atoms with van der Waals surface area (Å²) in [7, 11) is 0. The van der Waals surface area contributed by atoms with Crippen molar-refractivity contribution < 1.29 is 0 Å². The Balaban J connectivity index is 2.62. The molecule has 0 N–H and O–H groups in total. The Morgan fingerprint density at radius 3 is 2.60 bits per heavy atom. The first-order chi connectivity index (χ1) is 4.69. The molecule has 0 aliphatic heterocycles. The zero-order valence-corrected chi connectivity index (χ0v) is 7.19. The highest BCUT2D eigenvalue weighted by Crippen LogP contribution is 2.41. The van der Waals surface area contributed by atoms with Crippen LogP contribution in [-0.4, -0.2) is 0 Å². The van der Waals surface area contributed by atoms with Gasteiger partial charge in [-0.1, -0.05) is 32.8 Å². The third-order valence-electron chi connectivity index (χ3n) is 3.19. The van der Waals surface area contributed by atoms with Crippen molar-refractivity contribution in [3.8, 4) is 0 Å². The lowest BCUT2D eigenvalue weighted by atomic mass is 9.68. The molecule has 0 aromatic heterocycles. The van der Waals surface area contributed by atoms with Crippen LogP contribution in [0.5, 0.6) is 0 Å². The van der Waals surface area contributed by atoms with E-state index in [0.29, 0.717) is 5.41 Å². The van der Waals surface area contributed by atoms with Crippen LogP contribution in [0.4, 0.5) is 0 Å². The second-order valence-electron chi connectivity index (χ2n) is 3.86. The summed E-state index contributed by atoms with van der Waals surface area (Å²) >= 11 is 0. The van der Waals surface area contributed by atoms with Crippen LogP contribution in [-0.2, 0) is 0 Å². The topological polar surface area (TPSA) is 0 Å². The fourth-order valence-corrected chi connectivity index (χ4v) is 1.84. The molecular weight excluding hydrogens is 120 g/mol. The molecule has 1 aliphatic rings. The monoisotopic (exact) mass is 138 g/mol. The van der Waals surface area contributed by atoms with E-state index in [-0.39, 0.29) is 0 Å². The van der Waals surface area contributed by atoms with E-state index in [1.54, 1.807) is 0 Å².